The molecule has 0 spiro atoms. The molecule has 0 aliphatic heterocycles. The highest BCUT2D eigenvalue weighted by molar-refractivity contribution is 6.31. The molecule has 3 rings (SSSR count). The van der Waals surface area contributed by atoms with Gasteiger partial charge in [0.05, 0.1) is 5.52 Å². The van der Waals surface area contributed by atoms with Gasteiger partial charge in [-0.1, -0.05) is 23.2 Å². The Morgan fingerprint density at radius 1 is 0.950 bits per heavy atom. The van der Waals surface area contributed by atoms with Gasteiger partial charge in [0.25, 0.3) is 0 Å². The first kappa shape index (κ1) is 13.2. The number of nitrogen functional groups attached to an aromatic ring is 1. The highest BCUT2D eigenvalue weighted by atomic mass is 35.5. The molecule has 3 nitrogen and oxygen atoms in total. The van der Waals surface area contributed by atoms with Crippen molar-refractivity contribution in [3.63, 3.8) is 0 Å². The summed E-state index contributed by atoms with van der Waals surface area (Å²) in [7, 11) is 0. The summed E-state index contributed by atoms with van der Waals surface area (Å²) in [6.45, 7) is 1.96. The lowest BCUT2D eigenvalue weighted by molar-refractivity contribution is 1.22. The van der Waals surface area contributed by atoms with Crippen LogP contribution in [0.25, 0.3) is 22.3 Å². The number of hydrogen-bond acceptors (Lipinski definition) is 3. The van der Waals surface area contributed by atoms with Crippen LogP contribution in [0.2, 0.25) is 10.0 Å². The van der Waals surface area contributed by atoms with Crippen LogP contribution in [-0.4, -0.2) is 9.97 Å². The van der Waals surface area contributed by atoms with Crippen LogP contribution in [-0.2, 0) is 0 Å². The highest BCUT2D eigenvalue weighted by Gasteiger charge is 2.10. The van der Waals surface area contributed by atoms with Crippen molar-refractivity contribution in [2.24, 2.45) is 0 Å². The number of hydrogen-bond donors (Lipinski definition) is 1. The number of aryl methyl sites for hydroxylation is 1. The van der Waals surface area contributed by atoms with E-state index in [4.69, 9.17) is 28.9 Å². The Labute approximate surface area is 126 Å². The van der Waals surface area contributed by atoms with E-state index >= 15 is 0 Å². The van der Waals surface area contributed by atoms with Crippen LogP contribution in [0, 0.1) is 6.92 Å². The van der Waals surface area contributed by atoms with Crippen molar-refractivity contribution >= 4 is 39.9 Å². The van der Waals surface area contributed by atoms with E-state index in [-0.39, 0.29) is 0 Å². The molecule has 0 fully saturated rings. The molecular weight excluding hydrogens is 293 g/mol. The van der Waals surface area contributed by atoms with E-state index in [0.717, 1.165) is 22.0 Å². The van der Waals surface area contributed by atoms with Gasteiger partial charge in [-0.3, -0.25) is 0 Å². The summed E-state index contributed by atoms with van der Waals surface area (Å²) in [5, 5.41) is 2.10. The molecule has 0 saturated carbocycles. The van der Waals surface area contributed by atoms with Gasteiger partial charge in [-0.15, -0.1) is 0 Å². The van der Waals surface area contributed by atoms with E-state index < -0.39 is 0 Å². The molecule has 0 aliphatic carbocycles. The molecule has 0 amide bonds. The van der Waals surface area contributed by atoms with Crippen molar-refractivity contribution in [2.45, 2.75) is 6.92 Å². The van der Waals surface area contributed by atoms with E-state index in [1.807, 2.05) is 31.2 Å². The fourth-order valence-electron chi connectivity index (χ4n) is 2.13. The van der Waals surface area contributed by atoms with E-state index in [0.29, 0.717) is 21.7 Å². The van der Waals surface area contributed by atoms with Gasteiger partial charge in [-0.05, 0) is 48.9 Å². The van der Waals surface area contributed by atoms with Crippen LogP contribution in [0.15, 0.2) is 36.4 Å². The number of rotatable bonds is 1. The zero-order chi connectivity index (χ0) is 14.3. The van der Waals surface area contributed by atoms with Gasteiger partial charge in [0.2, 0.25) is 0 Å². The number of nitrogens with zero attached hydrogens (tertiary/aromatic N) is 2. The van der Waals surface area contributed by atoms with Gasteiger partial charge < -0.3 is 5.73 Å². The number of fused-ring (bicyclic) bond motifs is 1. The van der Waals surface area contributed by atoms with Gasteiger partial charge in [-0.25, -0.2) is 9.97 Å². The molecule has 3 aromatic rings. The van der Waals surface area contributed by atoms with Crippen LogP contribution in [0.1, 0.15) is 5.56 Å². The molecule has 0 atom stereocenters. The molecule has 2 aromatic carbocycles. The number of aromatic nitrogens is 2. The maximum atomic E-state index is 6.00. The molecular formula is C15H11Cl2N3. The average Bonchev–Trinajstić information content (AvgIpc) is 2.37. The van der Waals surface area contributed by atoms with Crippen molar-refractivity contribution in [3.05, 3.63) is 52.0 Å². The quantitative estimate of drug-likeness (QED) is 0.720. The summed E-state index contributed by atoms with van der Waals surface area (Å²) < 4.78 is 0. The normalized spacial score (nSPS) is 10.9. The average molecular weight is 304 g/mol. The summed E-state index contributed by atoms with van der Waals surface area (Å²) in [6, 6.07) is 11.0. The standard InChI is InChI=1S/C15H11Cl2N3/c1-8-6-9(16)2-4-11(8)15-19-13-7-10(17)3-5-12(13)14(18)20-15/h2-7H,1H3,(H2,18,19,20). The van der Waals surface area contributed by atoms with Gasteiger partial charge in [0.1, 0.15) is 5.82 Å². The lowest BCUT2D eigenvalue weighted by Crippen LogP contribution is -1.98. The molecule has 100 valence electrons. The molecule has 5 heteroatoms. The molecule has 1 aromatic heterocycles. The fourth-order valence-corrected chi connectivity index (χ4v) is 2.52. The van der Waals surface area contributed by atoms with Crippen molar-refractivity contribution in [1.82, 2.24) is 9.97 Å². The minimum absolute atomic E-state index is 0.441. The molecule has 0 unspecified atom stereocenters. The first-order valence-electron chi connectivity index (χ1n) is 6.04. The van der Waals surface area contributed by atoms with E-state index in [1.165, 1.54) is 0 Å². The van der Waals surface area contributed by atoms with Crippen molar-refractivity contribution in [2.75, 3.05) is 5.73 Å². The molecule has 0 saturated heterocycles. The van der Waals surface area contributed by atoms with Crippen LogP contribution >= 0.6 is 23.2 Å². The summed E-state index contributed by atoms with van der Waals surface area (Å²) in [5.41, 5.74) is 8.64. The van der Waals surface area contributed by atoms with E-state index in [1.54, 1.807) is 12.1 Å². The maximum absolute atomic E-state index is 6.00. The molecule has 0 bridgehead atoms. The number of nitrogens with two attached hydrogens (primary N) is 1. The van der Waals surface area contributed by atoms with E-state index in [9.17, 15) is 0 Å². The summed E-state index contributed by atoms with van der Waals surface area (Å²) in [6.07, 6.45) is 0. The third-order valence-corrected chi connectivity index (χ3v) is 3.59. The van der Waals surface area contributed by atoms with Crippen LogP contribution in [0.3, 0.4) is 0 Å². The second-order valence-electron chi connectivity index (χ2n) is 4.55. The van der Waals surface area contributed by atoms with E-state index in [2.05, 4.69) is 9.97 Å². The molecule has 20 heavy (non-hydrogen) atoms. The summed E-state index contributed by atoms with van der Waals surface area (Å²) >= 11 is 12.0. The Bertz CT molecular complexity index is 816. The lowest BCUT2D eigenvalue weighted by Gasteiger charge is -2.08. The Morgan fingerprint density at radius 3 is 2.40 bits per heavy atom. The monoisotopic (exact) mass is 303 g/mol. The second-order valence-corrected chi connectivity index (χ2v) is 5.43. The Kier molecular flexibility index (Phi) is 3.24. The third kappa shape index (κ3) is 2.30. The smallest absolute Gasteiger partial charge is 0.162 e. The molecule has 2 N–H and O–H groups in total. The predicted octanol–water partition coefficient (Wildman–Crippen LogP) is 4.49. The van der Waals surface area contributed by atoms with Crippen LogP contribution in [0.5, 0.6) is 0 Å². The minimum atomic E-state index is 0.441. The Morgan fingerprint density at radius 2 is 1.65 bits per heavy atom. The third-order valence-electron chi connectivity index (χ3n) is 3.12. The number of benzene rings is 2. The number of anilines is 1. The van der Waals surface area contributed by atoms with Gasteiger partial charge in [0.15, 0.2) is 5.82 Å². The topological polar surface area (TPSA) is 51.8 Å². The Hall–Kier alpha value is -1.84. The zero-order valence-corrected chi connectivity index (χ0v) is 12.2. The first-order chi connectivity index (χ1) is 9.54. The first-order valence-corrected chi connectivity index (χ1v) is 6.79. The lowest BCUT2D eigenvalue weighted by atomic mass is 10.1. The zero-order valence-electron chi connectivity index (χ0n) is 10.7. The predicted molar refractivity (Wildman–Crippen MR) is 84.1 cm³/mol. The Balaban J connectivity index is 2.26. The van der Waals surface area contributed by atoms with Gasteiger partial charge in [0, 0.05) is 21.0 Å². The maximum Gasteiger partial charge on any atom is 0.162 e. The molecule has 1 heterocycles. The molecule has 0 radical (unpaired) electrons. The van der Waals surface area contributed by atoms with Crippen molar-refractivity contribution in [1.29, 1.82) is 0 Å². The van der Waals surface area contributed by atoms with Crippen LogP contribution in [0.4, 0.5) is 5.82 Å². The number of halogens is 2. The summed E-state index contributed by atoms with van der Waals surface area (Å²) in [4.78, 5) is 8.91. The van der Waals surface area contributed by atoms with Crippen molar-refractivity contribution in [3.8, 4) is 11.4 Å². The van der Waals surface area contributed by atoms with Gasteiger partial charge in [-0.2, -0.15) is 0 Å². The second kappa shape index (κ2) is 4.93. The van der Waals surface area contributed by atoms with Crippen LogP contribution < -0.4 is 5.73 Å². The fraction of sp³-hybridized carbons (Fsp3) is 0.0667. The van der Waals surface area contributed by atoms with Gasteiger partial charge >= 0.3 is 0 Å². The highest BCUT2D eigenvalue weighted by Crippen LogP contribution is 2.28. The largest absolute Gasteiger partial charge is 0.383 e. The molecule has 0 aliphatic rings. The minimum Gasteiger partial charge on any atom is -0.383 e. The summed E-state index contributed by atoms with van der Waals surface area (Å²) in [5.74, 6) is 1.02. The SMILES string of the molecule is Cc1cc(Cl)ccc1-c1nc(N)c2ccc(Cl)cc2n1. The van der Waals surface area contributed by atoms with Crippen molar-refractivity contribution < 1.29 is 0 Å².